The standard InChI is InChI=1S/C15H16FN3O/c1-9-12(8-18-19(9)3)15(17-2)14-7-10-6-11(16)4-5-13(10)20-14/h4-8,15,17H,1-3H3. The Morgan fingerprint density at radius 2 is 2.15 bits per heavy atom. The second kappa shape index (κ2) is 4.76. The van der Waals surface area contributed by atoms with E-state index in [1.54, 1.807) is 6.07 Å². The molecule has 5 heteroatoms. The van der Waals surface area contributed by atoms with E-state index in [0.29, 0.717) is 5.58 Å². The van der Waals surface area contributed by atoms with Gasteiger partial charge >= 0.3 is 0 Å². The van der Waals surface area contributed by atoms with Crippen molar-refractivity contribution in [2.24, 2.45) is 7.05 Å². The summed E-state index contributed by atoms with van der Waals surface area (Å²) in [5.41, 5.74) is 2.80. The Labute approximate surface area is 116 Å². The minimum absolute atomic E-state index is 0.0980. The first-order valence-corrected chi connectivity index (χ1v) is 6.45. The molecule has 0 fully saturated rings. The van der Waals surface area contributed by atoms with E-state index in [1.165, 1.54) is 12.1 Å². The highest BCUT2D eigenvalue weighted by Gasteiger charge is 2.21. The van der Waals surface area contributed by atoms with Crippen LogP contribution in [-0.2, 0) is 7.05 Å². The maximum absolute atomic E-state index is 13.2. The van der Waals surface area contributed by atoms with Crippen molar-refractivity contribution in [1.29, 1.82) is 0 Å². The lowest BCUT2D eigenvalue weighted by Crippen LogP contribution is -2.17. The first-order chi connectivity index (χ1) is 9.60. The summed E-state index contributed by atoms with van der Waals surface area (Å²) < 4.78 is 20.9. The SMILES string of the molecule is CNC(c1cc2cc(F)ccc2o1)c1cnn(C)c1C. The zero-order valence-corrected chi connectivity index (χ0v) is 11.6. The van der Waals surface area contributed by atoms with Gasteiger partial charge in [0.1, 0.15) is 17.2 Å². The lowest BCUT2D eigenvalue weighted by atomic mass is 10.1. The third kappa shape index (κ3) is 2.00. The molecule has 3 rings (SSSR count). The molecule has 0 aliphatic carbocycles. The first kappa shape index (κ1) is 12.9. The maximum Gasteiger partial charge on any atom is 0.134 e. The largest absolute Gasteiger partial charge is 0.459 e. The average Bonchev–Trinajstić information content (AvgIpc) is 2.97. The fraction of sp³-hybridized carbons (Fsp3) is 0.267. The number of fused-ring (bicyclic) bond motifs is 1. The summed E-state index contributed by atoms with van der Waals surface area (Å²) in [6.45, 7) is 2.01. The summed E-state index contributed by atoms with van der Waals surface area (Å²) >= 11 is 0. The average molecular weight is 273 g/mol. The fourth-order valence-corrected chi connectivity index (χ4v) is 2.43. The third-order valence-corrected chi connectivity index (χ3v) is 3.65. The molecule has 1 aromatic carbocycles. The van der Waals surface area contributed by atoms with Gasteiger partial charge in [-0.05, 0) is 38.2 Å². The zero-order chi connectivity index (χ0) is 14.3. The van der Waals surface area contributed by atoms with E-state index in [9.17, 15) is 4.39 Å². The van der Waals surface area contributed by atoms with Gasteiger partial charge < -0.3 is 9.73 Å². The van der Waals surface area contributed by atoms with Gasteiger partial charge in [0.25, 0.3) is 0 Å². The van der Waals surface area contributed by atoms with Crippen molar-refractivity contribution in [2.75, 3.05) is 7.05 Å². The van der Waals surface area contributed by atoms with Crippen LogP contribution in [0.5, 0.6) is 0 Å². The molecular weight excluding hydrogens is 257 g/mol. The molecular formula is C15H16FN3O. The van der Waals surface area contributed by atoms with Crippen molar-refractivity contribution in [3.63, 3.8) is 0 Å². The number of aromatic nitrogens is 2. The number of nitrogens with zero attached hydrogens (tertiary/aromatic N) is 2. The van der Waals surface area contributed by atoms with E-state index >= 15 is 0 Å². The predicted octanol–water partition coefficient (Wildman–Crippen LogP) is 2.92. The molecule has 0 radical (unpaired) electrons. The number of halogens is 1. The molecule has 1 N–H and O–H groups in total. The number of aryl methyl sites for hydroxylation is 1. The van der Waals surface area contributed by atoms with E-state index in [4.69, 9.17) is 4.42 Å². The molecule has 3 aromatic rings. The lowest BCUT2D eigenvalue weighted by Gasteiger charge is -2.13. The van der Waals surface area contributed by atoms with Gasteiger partial charge in [0.15, 0.2) is 0 Å². The lowest BCUT2D eigenvalue weighted by molar-refractivity contribution is 0.490. The molecule has 104 valence electrons. The van der Waals surface area contributed by atoms with Crippen molar-refractivity contribution in [3.05, 3.63) is 53.3 Å². The van der Waals surface area contributed by atoms with Crippen LogP contribution in [0.25, 0.3) is 11.0 Å². The Morgan fingerprint density at radius 1 is 1.35 bits per heavy atom. The van der Waals surface area contributed by atoms with Crippen LogP contribution in [0.1, 0.15) is 23.1 Å². The molecule has 0 bridgehead atoms. The topological polar surface area (TPSA) is 43.0 Å². The normalized spacial score (nSPS) is 13.0. The van der Waals surface area contributed by atoms with Gasteiger partial charge in [0.05, 0.1) is 12.2 Å². The van der Waals surface area contributed by atoms with E-state index in [0.717, 1.165) is 22.4 Å². The summed E-state index contributed by atoms with van der Waals surface area (Å²) in [6, 6.07) is 6.30. The summed E-state index contributed by atoms with van der Waals surface area (Å²) in [7, 11) is 3.77. The van der Waals surface area contributed by atoms with E-state index in [2.05, 4.69) is 10.4 Å². The van der Waals surface area contributed by atoms with E-state index in [1.807, 2.05) is 38.0 Å². The first-order valence-electron chi connectivity index (χ1n) is 6.45. The molecule has 1 atom stereocenters. The molecule has 20 heavy (non-hydrogen) atoms. The van der Waals surface area contributed by atoms with Crippen LogP contribution >= 0.6 is 0 Å². The van der Waals surface area contributed by atoms with Crippen LogP contribution in [0.3, 0.4) is 0 Å². The summed E-state index contributed by atoms with van der Waals surface area (Å²) in [5.74, 6) is 0.493. The van der Waals surface area contributed by atoms with Crippen molar-refractivity contribution < 1.29 is 8.81 Å². The quantitative estimate of drug-likeness (QED) is 0.798. The van der Waals surface area contributed by atoms with Gasteiger partial charge in [-0.2, -0.15) is 5.10 Å². The molecule has 0 aliphatic heterocycles. The number of benzene rings is 1. The minimum Gasteiger partial charge on any atom is -0.459 e. The van der Waals surface area contributed by atoms with Gasteiger partial charge in [0.2, 0.25) is 0 Å². The highest BCUT2D eigenvalue weighted by molar-refractivity contribution is 5.78. The van der Waals surface area contributed by atoms with Crippen molar-refractivity contribution in [1.82, 2.24) is 15.1 Å². The van der Waals surface area contributed by atoms with Crippen molar-refractivity contribution >= 4 is 11.0 Å². The number of rotatable bonds is 3. The van der Waals surface area contributed by atoms with Gasteiger partial charge in [-0.25, -0.2) is 4.39 Å². The molecule has 2 aromatic heterocycles. The Kier molecular flexibility index (Phi) is 3.06. The Hall–Kier alpha value is -2.14. The summed E-state index contributed by atoms with van der Waals surface area (Å²) in [6.07, 6.45) is 1.82. The van der Waals surface area contributed by atoms with Crippen LogP contribution in [0.4, 0.5) is 4.39 Å². The van der Waals surface area contributed by atoms with E-state index < -0.39 is 0 Å². The molecule has 0 amide bonds. The van der Waals surface area contributed by atoms with E-state index in [-0.39, 0.29) is 11.9 Å². The molecule has 0 saturated carbocycles. The summed E-state index contributed by atoms with van der Waals surface area (Å²) in [4.78, 5) is 0. The molecule has 2 heterocycles. The number of hydrogen-bond acceptors (Lipinski definition) is 3. The Balaban J connectivity index is 2.09. The highest BCUT2D eigenvalue weighted by atomic mass is 19.1. The highest BCUT2D eigenvalue weighted by Crippen LogP contribution is 2.29. The second-order valence-electron chi connectivity index (χ2n) is 4.86. The third-order valence-electron chi connectivity index (χ3n) is 3.65. The predicted molar refractivity (Wildman–Crippen MR) is 75.0 cm³/mol. The van der Waals surface area contributed by atoms with Crippen LogP contribution < -0.4 is 5.32 Å². The molecule has 4 nitrogen and oxygen atoms in total. The van der Waals surface area contributed by atoms with Gasteiger partial charge in [-0.1, -0.05) is 0 Å². The zero-order valence-electron chi connectivity index (χ0n) is 11.6. The van der Waals surface area contributed by atoms with Crippen molar-refractivity contribution in [2.45, 2.75) is 13.0 Å². The van der Waals surface area contributed by atoms with Crippen molar-refractivity contribution in [3.8, 4) is 0 Å². The number of nitrogens with one attached hydrogen (secondary N) is 1. The summed E-state index contributed by atoms with van der Waals surface area (Å²) in [5, 5.41) is 8.24. The van der Waals surface area contributed by atoms with Gasteiger partial charge in [-0.15, -0.1) is 0 Å². The number of furan rings is 1. The smallest absolute Gasteiger partial charge is 0.134 e. The monoisotopic (exact) mass is 273 g/mol. The van der Waals surface area contributed by atoms with Gasteiger partial charge in [0, 0.05) is 23.7 Å². The Bertz CT molecular complexity index is 760. The molecule has 0 saturated heterocycles. The number of hydrogen-bond donors (Lipinski definition) is 1. The second-order valence-corrected chi connectivity index (χ2v) is 4.86. The molecule has 0 aliphatic rings. The fourth-order valence-electron chi connectivity index (χ4n) is 2.43. The van der Waals surface area contributed by atoms with Crippen LogP contribution in [0.2, 0.25) is 0 Å². The molecule has 1 unspecified atom stereocenters. The van der Waals surface area contributed by atoms with Crippen LogP contribution in [-0.4, -0.2) is 16.8 Å². The van der Waals surface area contributed by atoms with Gasteiger partial charge in [-0.3, -0.25) is 4.68 Å². The van der Waals surface area contributed by atoms with Crippen LogP contribution in [0, 0.1) is 12.7 Å². The maximum atomic E-state index is 13.2. The molecule has 0 spiro atoms. The van der Waals surface area contributed by atoms with Crippen LogP contribution in [0.15, 0.2) is 34.9 Å². The minimum atomic E-state index is -0.261. The Morgan fingerprint density at radius 3 is 2.80 bits per heavy atom.